The molecule has 0 unspecified atom stereocenters. The maximum atomic E-state index is 4.72. The van der Waals surface area contributed by atoms with Gasteiger partial charge in [0.05, 0.1) is 9.26 Å². The lowest BCUT2D eigenvalue weighted by Crippen LogP contribution is -2.07. The predicted octanol–water partition coefficient (Wildman–Crippen LogP) is 4.87. The van der Waals surface area contributed by atoms with Crippen LogP contribution in [0.2, 0.25) is 0 Å². The van der Waals surface area contributed by atoms with Crippen molar-refractivity contribution in [3.8, 4) is 11.4 Å². The smallest absolute Gasteiger partial charge is 0.161 e. The first kappa shape index (κ1) is 16.2. The molecule has 1 aromatic heterocycles. The number of nitrogens with zero attached hydrogens (tertiary/aromatic N) is 2. The van der Waals surface area contributed by atoms with E-state index >= 15 is 0 Å². The summed E-state index contributed by atoms with van der Waals surface area (Å²) in [5, 5.41) is 3.33. The van der Waals surface area contributed by atoms with Gasteiger partial charge < -0.3 is 5.32 Å². The van der Waals surface area contributed by atoms with E-state index in [2.05, 4.69) is 84.9 Å². The second-order valence-corrected chi connectivity index (χ2v) is 6.40. The van der Waals surface area contributed by atoms with Crippen LogP contribution in [0, 0.1) is 3.57 Å². The molecule has 0 aliphatic carbocycles. The summed E-state index contributed by atoms with van der Waals surface area (Å²) in [5.41, 5.74) is 3.51. The van der Waals surface area contributed by atoms with Crippen LogP contribution in [-0.2, 0) is 6.42 Å². The van der Waals surface area contributed by atoms with Crippen LogP contribution in [0.25, 0.3) is 11.4 Å². The van der Waals surface area contributed by atoms with Gasteiger partial charge in [-0.15, -0.1) is 0 Å². The zero-order valence-electron chi connectivity index (χ0n) is 13.1. The molecule has 0 aliphatic rings. The fourth-order valence-electron chi connectivity index (χ4n) is 2.16. The van der Waals surface area contributed by atoms with E-state index < -0.39 is 0 Å². The molecule has 2 rings (SSSR count). The van der Waals surface area contributed by atoms with Crippen LogP contribution < -0.4 is 5.32 Å². The first-order valence-corrected chi connectivity index (χ1v) is 8.55. The highest BCUT2D eigenvalue weighted by Crippen LogP contribution is 2.25. The van der Waals surface area contributed by atoms with Crippen molar-refractivity contribution in [2.75, 3.05) is 11.9 Å². The van der Waals surface area contributed by atoms with Crippen LogP contribution >= 0.6 is 22.6 Å². The molecule has 1 heterocycles. The first-order valence-electron chi connectivity index (χ1n) is 7.47. The Morgan fingerprint density at radius 3 is 2.29 bits per heavy atom. The molecule has 4 heteroatoms. The molecule has 0 amide bonds. The summed E-state index contributed by atoms with van der Waals surface area (Å²) in [4.78, 5) is 9.41. The maximum Gasteiger partial charge on any atom is 0.161 e. The highest BCUT2D eigenvalue weighted by molar-refractivity contribution is 14.1. The molecule has 0 saturated carbocycles. The van der Waals surface area contributed by atoms with Gasteiger partial charge in [0.2, 0.25) is 0 Å². The lowest BCUT2D eigenvalue weighted by atomic mass is 10.0. The van der Waals surface area contributed by atoms with Crippen molar-refractivity contribution < 1.29 is 0 Å². The van der Waals surface area contributed by atoms with Gasteiger partial charge >= 0.3 is 0 Å². The monoisotopic (exact) mass is 395 g/mol. The SMILES string of the molecule is CCNc1nc(-c2ccc(C(C)C)cc2)nc(CC)c1I. The second-order valence-electron chi connectivity index (χ2n) is 5.32. The molecule has 0 aliphatic heterocycles. The van der Waals surface area contributed by atoms with Gasteiger partial charge in [-0.1, -0.05) is 45.0 Å². The number of anilines is 1. The zero-order chi connectivity index (χ0) is 15.4. The third-order valence-corrected chi connectivity index (χ3v) is 4.57. The lowest BCUT2D eigenvalue weighted by Gasteiger charge is -2.12. The third-order valence-electron chi connectivity index (χ3n) is 3.43. The largest absolute Gasteiger partial charge is 0.369 e. The van der Waals surface area contributed by atoms with Crippen LogP contribution in [0.4, 0.5) is 5.82 Å². The standard InChI is InChI=1S/C17H22IN3/c1-5-14-15(18)17(19-6-2)21-16(20-14)13-9-7-12(8-10-13)11(3)4/h7-11H,5-6H2,1-4H3,(H,19,20,21). The number of aryl methyl sites for hydroxylation is 1. The molecule has 0 radical (unpaired) electrons. The van der Waals surface area contributed by atoms with Crippen LogP contribution in [0.3, 0.4) is 0 Å². The van der Waals surface area contributed by atoms with Crippen LogP contribution in [0.15, 0.2) is 24.3 Å². The Kier molecular flexibility index (Phi) is 5.56. The minimum absolute atomic E-state index is 0.542. The highest BCUT2D eigenvalue weighted by Gasteiger charge is 2.12. The van der Waals surface area contributed by atoms with E-state index in [-0.39, 0.29) is 0 Å². The number of aromatic nitrogens is 2. The minimum Gasteiger partial charge on any atom is -0.369 e. The van der Waals surface area contributed by atoms with Crippen molar-refractivity contribution >= 4 is 28.4 Å². The Morgan fingerprint density at radius 2 is 1.76 bits per heavy atom. The fraction of sp³-hybridized carbons (Fsp3) is 0.412. The van der Waals surface area contributed by atoms with E-state index in [0.717, 1.165) is 39.4 Å². The van der Waals surface area contributed by atoms with Crippen molar-refractivity contribution in [3.63, 3.8) is 0 Å². The number of halogens is 1. The summed E-state index contributed by atoms with van der Waals surface area (Å²) < 4.78 is 1.12. The predicted molar refractivity (Wildman–Crippen MR) is 97.8 cm³/mol. The average Bonchev–Trinajstić information content (AvgIpc) is 2.49. The summed E-state index contributed by atoms with van der Waals surface area (Å²) in [7, 11) is 0. The van der Waals surface area contributed by atoms with Crippen molar-refractivity contribution in [2.24, 2.45) is 0 Å². The Hall–Kier alpha value is -1.17. The topological polar surface area (TPSA) is 37.8 Å². The molecule has 3 nitrogen and oxygen atoms in total. The molecule has 0 atom stereocenters. The normalized spacial score (nSPS) is 11.0. The van der Waals surface area contributed by atoms with Crippen molar-refractivity contribution in [3.05, 3.63) is 39.1 Å². The van der Waals surface area contributed by atoms with Gasteiger partial charge in [0.1, 0.15) is 5.82 Å². The number of nitrogens with one attached hydrogen (secondary N) is 1. The van der Waals surface area contributed by atoms with Gasteiger partial charge in [-0.3, -0.25) is 0 Å². The molecular formula is C17H22IN3. The zero-order valence-corrected chi connectivity index (χ0v) is 15.2. The van der Waals surface area contributed by atoms with Gasteiger partial charge in [0, 0.05) is 12.1 Å². The van der Waals surface area contributed by atoms with E-state index in [9.17, 15) is 0 Å². The molecule has 0 spiro atoms. The summed E-state index contributed by atoms with van der Waals surface area (Å²) >= 11 is 2.33. The average molecular weight is 395 g/mol. The Bertz CT molecular complexity index is 606. The maximum absolute atomic E-state index is 4.72. The van der Waals surface area contributed by atoms with Crippen LogP contribution in [-0.4, -0.2) is 16.5 Å². The Balaban J connectivity index is 2.45. The van der Waals surface area contributed by atoms with E-state index in [1.54, 1.807) is 0 Å². The second kappa shape index (κ2) is 7.20. The van der Waals surface area contributed by atoms with Gasteiger partial charge in [0.25, 0.3) is 0 Å². The van der Waals surface area contributed by atoms with E-state index in [4.69, 9.17) is 4.98 Å². The Morgan fingerprint density at radius 1 is 1.10 bits per heavy atom. The number of hydrogen-bond acceptors (Lipinski definition) is 3. The molecule has 0 bridgehead atoms. The van der Waals surface area contributed by atoms with Crippen molar-refractivity contribution in [2.45, 2.75) is 40.0 Å². The van der Waals surface area contributed by atoms with Gasteiger partial charge in [-0.2, -0.15) is 0 Å². The molecule has 21 heavy (non-hydrogen) atoms. The van der Waals surface area contributed by atoms with E-state index in [1.165, 1.54) is 5.56 Å². The third kappa shape index (κ3) is 3.73. The summed E-state index contributed by atoms with van der Waals surface area (Å²) in [6, 6.07) is 8.57. The summed E-state index contributed by atoms with van der Waals surface area (Å²) in [6.07, 6.45) is 0.913. The molecule has 112 valence electrons. The van der Waals surface area contributed by atoms with Crippen molar-refractivity contribution in [1.82, 2.24) is 9.97 Å². The van der Waals surface area contributed by atoms with Crippen molar-refractivity contribution in [1.29, 1.82) is 0 Å². The van der Waals surface area contributed by atoms with Gasteiger partial charge in [-0.25, -0.2) is 9.97 Å². The van der Waals surface area contributed by atoms with Crippen LogP contribution in [0.1, 0.15) is 44.9 Å². The van der Waals surface area contributed by atoms with Gasteiger partial charge in [0.15, 0.2) is 5.82 Å². The first-order chi connectivity index (χ1) is 10.1. The molecule has 0 fully saturated rings. The summed E-state index contributed by atoms with van der Waals surface area (Å²) in [6.45, 7) is 9.48. The van der Waals surface area contributed by atoms with E-state index in [0.29, 0.717) is 5.92 Å². The molecule has 1 N–H and O–H groups in total. The molecule has 1 aromatic carbocycles. The lowest BCUT2D eigenvalue weighted by molar-refractivity contribution is 0.866. The molecule has 2 aromatic rings. The highest BCUT2D eigenvalue weighted by atomic mass is 127. The number of rotatable bonds is 5. The molecular weight excluding hydrogens is 373 g/mol. The summed E-state index contributed by atoms with van der Waals surface area (Å²) in [5.74, 6) is 2.28. The fourth-order valence-corrected chi connectivity index (χ4v) is 2.97. The molecule has 0 saturated heterocycles. The van der Waals surface area contributed by atoms with E-state index in [1.807, 2.05) is 0 Å². The Labute approximate surface area is 140 Å². The minimum atomic E-state index is 0.542. The number of hydrogen-bond donors (Lipinski definition) is 1. The van der Waals surface area contributed by atoms with Crippen LogP contribution in [0.5, 0.6) is 0 Å². The van der Waals surface area contributed by atoms with Gasteiger partial charge in [-0.05, 0) is 47.4 Å². The number of benzene rings is 1. The quantitative estimate of drug-likeness (QED) is 0.735.